The molecule has 3 aromatic rings. The molecule has 0 atom stereocenters. The highest BCUT2D eigenvalue weighted by Gasteiger charge is 2.19. The monoisotopic (exact) mass is 349 g/mol. The lowest BCUT2D eigenvalue weighted by Gasteiger charge is -1.98. The van der Waals surface area contributed by atoms with E-state index in [0.717, 1.165) is 10.1 Å². The van der Waals surface area contributed by atoms with Crippen LogP contribution in [0.3, 0.4) is 0 Å². The Morgan fingerprint density at radius 1 is 1.52 bits per heavy atom. The molecule has 5 nitrogen and oxygen atoms in total. The van der Waals surface area contributed by atoms with Crippen molar-refractivity contribution < 1.29 is 13.6 Å². The third-order valence-electron chi connectivity index (χ3n) is 3.06. The van der Waals surface area contributed by atoms with E-state index in [-0.39, 0.29) is 11.6 Å². The van der Waals surface area contributed by atoms with Crippen molar-refractivity contribution in [3.63, 3.8) is 0 Å². The summed E-state index contributed by atoms with van der Waals surface area (Å²) < 4.78 is 19.6. The number of fused-ring (bicyclic) bond motifs is 1. The molecule has 0 unspecified atom stereocenters. The molecule has 3 rings (SSSR count). The lowest BCUT2D eigenvalue weighted by atomic mass is 10.1. The summed E-state index contributed by atoms with van der Waals surface area (Å²) in [5.41, 5.74) is 1.05. The van der Waals surface area contributed by atoms with Crippen molar-refractivity contribution >= 4 is 45.1 Å². The molecule has 118 valence electrons. The number of carbonyl (C=O) groups excluding carboxylic acids is 1. The van der Waals surface area contributed by atoms with Gasteiger partial charge in [0.1, 0.15) is 11.4 Å². The summed E-state index contributed by atoms with van der Waals surface area (Å²) in [6, 6.07) is 4.14. The second kappa shape index (κ2) is 6.51. The van der Waals surface area contributed by atoms with Gasteiger partial charge in [0, 0.05) is 16.7 Å². The van der Waals surface area contributed by atoms with Crippen LogP contribution in [-0.2, 0) is 0 Å². The molecule has 0 aliphatic heterocycles. The minimum atomic E-state index is -0.435. The Bertz CT molecular complexity index is 888. The Morgan fingerprint density at radius 3 is 3.13 bits per heavy atom. The number of carbonyl (C=O) groups is 1. The average molecular weight is 349 g/mol. The second-order valence-electron chi connectivity index (χ2n) is 4.62. The number of halogens is 1. The van der Waals surface area contributed by atoms with Crippen LogP contribution in [0.15, 0.2) is 39.6 Å². The predicted molar refractivity (Wildman–Crippen MR) is 89.7 cm³/mol. The highest BCUT2D eigenvalue weighted by Crippen LogP contribution is 2.28. The summed E-state index contributed by atoms with van der Waals surface area (Å²) in [6.45, 7) is 5.35. The molecular weight excluding hydrogens is 337 g/mol. The van der Waals surface area contributed by atoms with Gasteiger partial charge in [-0.15, -0.1) is 16.8 Å². The van der Waals surface area contributed by atoms with E-state index in [1.54, 1.807) is 13.0 Å². The number of hydrogen-bond acceptors (Lipinski definition) is 6. The second-order valence-corrected chi connectivity index (χ2v) is 6.87. The van der Waals surface area contributed by atoms with Gasteiger partial charge in [-0.25, -0.2) is 4.39 Å². The standard InChI is InChI=1S/C15H12FN3O2S2/c1-3-6-22-15-19-18-14(23-15)17-13(20)12-8(2)10-7-9(16)4-5-11(10)21-12/h3-5,7H,1,6H2,2H3,(H,17,18,20). The van der Waals surface area contributed by atoms with E-state index in [2.05, 4.69) is 22.1 Å². The van der Waals surface area contributed by atoms with Crippen molar-refractivity contribution in [2.75, 3.05) is 11.1 Å². The number of benzene rings is 1. The third kappa shape index (κ3) is 3.27. The summed E-state index contributed by atoms with van der Waals surface area (Å²) in [6.07, 6.45) is 1.77. The number of anilines is 1. The van der Waals surface area contributed by atoms with E-state index >= 15 is 0 Å². The van der Waals surface area contributed by atoms with Gasteiger partial charge in [0.15, 0.2) is 10.1 Å². The Kier molecular flexibility index (Phi) is 4.44. The van der Waals surface area contributed by atoms with Crippen molar-refractivity contribution in [2.24, 2.45) is 0 Å². The predicted octanol–water partition coefficient (Wildman–Crippen LogP) is 4.26. The normalized spacial score (nSPS) is 10.9. The molecular formula is C15H12FN3O2S2. The number of thioether (sulfide) groups is 1. The molecule has 1 N–H and O–H groups in total. The van der Waals surface area contributed by atoms with Crippen LogP contribution < -0.4 is 5.32 Å². The zero-order chi connectivity index (χ0) is 16.4. The van der Waals surface area contributed by atoms with Crippen molar-refractivity contribution in [3.05, 3.63) is 48.0 Å². The first-order chi connectivity index (χ1) is 11.1. The number of nitrogens with one attached hydrogen (secondary N) is 1. The zero-order valence-corrected chi connectivity index (χ0v) is 13.8. The Labute approximate surface area is 139 Å². The molecule has 0 radical (unpaired) electrons. The molecule has 0 fully saturated rings. The number of rotatable bonds is 5. The van der Waals surface area contributed by atoms with Gasteiger partial charge in [0.2, 0.25) is 5.13 Å². The molecule has 0 saturated carbocycles. The molecule has 8 heteroatoms. The maximum absolute atomic E-state index is 13.3. The highest BCUT2D eigenvalue weighted by atomic mass is 32.2. The lowest BCUT2D eigenvalue weighted by Crippen LogP contribution is -2.11. The van der Waals surface area contributed by atoms with Crippen molar-refractivity contribution in [2.45, 2.75) is 11.3 Å². The minimum absolute atomic E-state index is 0.140. The number of furan rings is 1. The number of aromatic nitrogens is 2. The van der Waals surface area contributed by atoms with E-state index < -0.39 is 5.91 Å². The van der Waals surface area contributed by atoms with Gasteiger partial charge in [0.05, 0.1) is 0 Å². The van der Waals surface area contributed by atoms with Crippen LogP contribution in [0, 0.1) is 12.7 Å². The highest BCUT2D eigenvalue weighted by molar-refractivity contribution is 8.01. The van der Waals surface area contributed by atoms with Gasteiger partial charge in [-0.3, -0.25) is 10.1 Å². The molecule has 0 saturated heterocycles. The first-order valence-corrected chi connectivity index (χ1v) is 8.46. The number of hydrogen-bond donors (Lipinski definition) is 1. The summed E-state index contributed by atoms with van der Waals surface area (Å²) >= 11 is 2.75. The fraction of sp³-hybridized carbons (Fsp3) is 0.133. The lowest BCUT2D eigenvalue weighted by molar-refractivity contribution is 0.0998. The molecule has 0 spiro atoms. The van der Waals surface area contributed by atoms with Gasteiger partial charge in [-0.1, -0.05) is 29.2 Å². The van der Waals surface area contributed by atoms with Gasteiger partial charge >= 0.3 is 0 Å². The summed E-state index contributed by atoms with van der Waals surface area (Å²) in [5, 5.41) is 11.5. The van der Waals surface area contributed by atoms with Crippen molar-refractivity contribution in [1.82, 2.24) is 10.2 Å². The number of aryl methyl sites for hydroxylation is 1. The molecule has 1 aromatic carbocycles. The van der Waals surface area contributed by atoms with Gasteiger partial charge in [0.25, 0.3) is 5.91 Å². The number of nitrogens with zero attached hydrogens (tertiary/aromatic N) is 2. The average Bonchev–Trinajstić information content (AvgIpc) is 3.10. The fourth-order valence-electron chi connectivity index (χ4n) is 2.01. The largest absolute Gasteiger partial charge is 0.451 e. The minimum Gasteiger partial charge on any atom is -0.451 e. The van der Waals surface area contributed by atoms with Crippen LogP contribution in [0.2, 0.25) is 0 Å². The first-order valence-electron chi connectivity index (χ1n) is 6.65. The molecule has 0 aliphatic rings. The van der Waals surface area contributed by atoms with Gasteiger partial charge in [-0.2, -0.15) is 0 Å². The van der Waals surface area contributed by atoms with Crippen LogP contribution in [0.5, 0.6) is 0 Å². The smallest absolute Gasteiger partial charge is 0.293 e. The van der Waals surface area contributed by atoms with Crippen LogP contribution >= 0.6 is 23.1 Å². The topological polar surface area (TPSA) is 68.0 Å². The van der Waals surface area contributed by atoms with E-state index in [0.29, 0.717) is 21.7 Å². The molecule has 1 amide bonds. The van der Waals surface area contributed by atoms with Crippen LogP contribution in [0.4, 0.5) is 9.52 Å². The van der Waals surface area contributed by atoms with E-state index in [4.69, 9.17) is 4.42 Å². The van der Waals surface area contributed by atoms with E-state index in [9.17, 15) is 9.18 Å². The summed E-state index contributed by atoms with van der Waals surface area (Å²) in [5.74, 6) is 0.0505. The van der Waals surface area contributed by atoms with Crippen molar-refractivity contribution in [3.8, 4) is 0 Å². The van der Waals surface area contributed by atoms with E-state index in [1.165, 1.54) is 41.3 Å². The first kappa shape index (κ1) is 15.7. The summed E-state index contributed by atoms with van der Waals surface area (Å²) in [7, 11) is 0. The van der Waals surface area contributed by atoms with Crippen LogP contribution in [0.1, 0.15) is 16.1 Å². The van der Waals surface area contributed by atoms with Gasteiger partial charge in [-0.05, 0) is 25.1 Å². The maximum Gasteiger partial charge on any atom is 0.293 e. The van der Waals surface area contributed by atoms with Crippen LogP contribution in [0.25, 0.3) is 11.0 Å². The Hall–Kier alpha value is -2.19. The Balaban J connectivity index is 1.82. The molecule has 0 bridgehead atoms. The Morgan fingerprint density at radius 2 is 2.35 bits per heavy atom. The zero-order valence-electron chi connectivity index (χ0n) is 12.1. The maximum atomic E-state index is 13.3. The number of amides is 1. The summed E-state index contributed by atoms with van der Waals surface area (Å²) in [4.78, 5) is 12.3. The molecule has 23 heavy (non-hydrogen) atoms. The van der Waals surface area contributed by atoms with Crippen LogP contribution in [-0.4, -0.2) is 21.9 Å². The van der Waals surface area contributed by atoms with Crippen molar-refractivity contribution in [1.29, 1.82) is 0 Å². The SMILES string of the molecule is C=CCSc1nnc(NC(=O)c2oc3ccc(F)cc3c2C)s1. The molecule has 0 aliphatic carbocycles. The fourth-order valence-corrected chi connectivity index (χ4v) is 3.52. The van der Waals surface area contributed by atoms with E-state index in [1.807, 2.05) is 0 Å². The quantitative estimate of drug-likeness (QED) is 0.423. The third-order valence-corrected chi connectivity index (χ3v) is 5.02. The molecule has 2 heterocycles. The van der Waals surface area contributed by atoms with Gasteiger partial charge < -0.3 is 4.42 Å². The molecule has 2 aromatic heterocycles.